The molecular weight excluding hydrogens is 503 g/mol. The predicted octanol–water partition coefficient (Wildman–Crippen LogP) is 11.3. The monoisotopic (exact) mass is 550 g/mol. The van der Waals surface area contributed by atoms with Crippen LogP contribution in [0.5, 0.6) is 11.5 Å². The molecule has 38 heavy (non-hydrogen) atoms. The van der Waals surface area contributed by atoms with Crippen LogP contribution in [-0.4, -0.2) is 0 Å². The number of para-hydroxylation sites is 1. The summed E-state index contributed by atoms with van der Waals surface area (Å²) in [5, 5.41) is 0. The second-order valence-corrected chi connectivity index (χ2v) is 14.0. The van der Waals surface area contributed by atoms with Gasteiger partial charge in [-0.3, -0.25) is 0 Å². The summed E-state index contributed by atoms with van der Waals surface area (Å²) in [4.78, 5) is 0. The minimum atomic E-state index is -2.63. The molecule has 0 aliphatic carbocycles. The summed E-state index contributed by atoms with van der Waals surface area (Å²) in [5.74, 6) is 1.57. The lowest BCUT2D eigenvalue weighted by Gasteiger charge is -2.24. The summed E-state index contributed by atoms with van der Waals surface area (Å²) in [6, 6.07) is 28.5. The van der Waals surface area contributed by atoms with E-state index in [1.54, 1.807) is 0 Å². The highest BCUT2D eigenvalue weighted by atomic mass is 32.5. The van der Waals surface area contributed by atoms with Crippen LogP contribution in [0.2, 0.25) is 0 Å². The highest BCUT2D eigenvalue weighted by Crippen LogP contribution is 2.51. The van der Waals surface area contributed by atoms with Crippen molar-refractivity contribution in [3.8, 4) is 11.5 Å². The fourth-order valence-corrected chi connectivity index (χ4v) is 7.46. The SMILES string of the molecule is CCCCCCCCCCCCCCCc1cccc(OP(=S)(Cc2ccccc2)Oc2ccccc2)c1. The molecule has 3 aromatic rings. The molecular formula is C34H47O2PS. The second-order valence-electron chi connectivity index (χ2n) is 10.4. The van der Waals surface area contributed by atoms with E-state index in [2.05, 4.69) is 37.3 Å². The van der Waals surface area contributed by atoms with Crippen molar-refractivity contribution in [2.75, 3.05) is 0 Å². The Morgan fingerprint density at radius 1 is 0.526 bits per heavy atom. The fourth-order valence-electron chi connectivity index (χ4n) is 4.80. The van der Waals surface area contributed by atoms with Crippen molar-refractivity contribution in [3.63, 3.8) is 0 Å². The fraction of sp³-hybridized carbons (Fsp3) is 0.471. The van der Waals surface area contributed by atoms with Gasteiger partial charge in [-0.15, -0.1) is 0 Å². The highest BCUT2D eigenvalue weighted by Gasteiger charge is 2.23. The quantitative estimate of drug-likeness (QED) is 0.103. The number of aryl methyl sites for hydroxylation is 1. The number of hydrogen-bond acceptors (Lipinski definition) is 3. The Balaban J connectivity index is 1.41. The molecule has 0 saturated carbocycles. The van der Waals surface area contributed by atoms with Crippen LogP contribution in [0.15, 0.2) is 84.9 Å². The van der Waals surface area contributed by atoms with Gasteiger partial charge in [-0.1, -0.05) is 145 Å². The van der Waals surface area contributed by atoms with E-state index in [4.69, 9.17) is 20.9 Å². The molecule has 0 spiro atoms. The molecule has 0 N–H and O–H groups in total. The maximum Gasteiger partial charge on any atom is 0.292 e. The van der Waals surface area contributed by atoms with Crippen molar-refractivity contribution in [3.05, 3.63) is 96.1 Å². The van der Waals surface area contributed by atoms with E-state index in [1.165, 1.54) is 89.0 Å². The lowest BCUT2D eigenvalue weighted by Crippen LogP contribution is -2.04. The summed E-state index contributed by atoms with van der Waals surface area (Å²) in [5.41, 5.74) is 2.45. The minimum absolute atomic E-state index is 0.584. The van der Waals surface area contributed by atoms with E-state index >= 15 is 0 Å². The van der Waals surface area contributed by atoms with E-state index in [1.807, 2.05) is 54.6 Å². The molecule has 0 aliphatic rings. The van der Waals surface area contributed by atoms with Crippen LogP contribution in [0.25, 0.3) is 0 Å². The molecule has 1 atom stereocenters. The van der Waals surface area contributed by atoms with Gasteiger partial charge >= 0.3 is 0 Å². The summed E-state index contributed by atoms with van der Waals surface area (Å²) < 4.78 is 12.8. The van der Waals surface area contributed by atoms with Crippen LogP contribution in [0.3, 0.4) is 0 Å². The molecule has 0 fully saturated rings. The second kappa shape index (κ2) is 18.2. The van der Waals surface area contributed by atoms with Gasteiger partial charge in [-0.2, -0.15) is 0 Å². The Morgan fingerprint density at radius 3 is 1.61 bits per heavy atom. The Kier molecular flexibility index (Phi) is 14.6. The van der Waals surface area contributed by atoms with Crippen LogP contribution in [0.1, 0.15) is 102 Å². The first-order valence-electron chi connectivity index (χ1n) is 14.8. The average molecular weight is 551 g/mol. The normalized spacial score (nSPS) is 12.7. The summed E-state index contributed by atoms with van der Waals surface area (Å²) in [6.07, 6.45) is 19.6. The van der Waals surface area contributed by atoms with E-state index < -0.39 is 6.49 Å². The van der Waals surface area contributed by atoms with Crippen LogP contribution >= 0.6 is 6.49 Å². The molecule has 0 amide bonds. The number of hydrogen-bond donors (Lipinski definition) is 0. The average Bonchev–Trinajstić information content (AvgIpc) is 2.92. The third-order valence-corrected chi connectivity index (χ3v) is 9.48. The van der Waals surface area contributed by atoms with Gasteiger partial charge in [0.15, 0.2) is 0 Å². The Bertz CT molecular complexity index is 1010. The smallest absolute Gasteiger partial charge is 0.292 e. The minimum Gasteiger partial charge on any atom is -0.435 e. The van der Waals surface area contributed by atoms with Crippen molar-refractivity contribution in [2.45, 2.75) is 103 Å². The zero-order valence-electron chi connectivity index (χ0n) is 23.4. The van der Waals surface area contributed by atoms with Crippen molar-refractivity contribution in [1.82, 2.24) is 0 Å². The van der Waals surface area contributed by atoms with E-state index in [-0.39, 0.29) is 0 Å². The first-order valence-corrected chi connectivity index (χ1v) is 17.7. The molecule has 3 aromatic carbocycles. The molecule has 0 saturated heterocycles. The van der Waals surface area contributed by atoms with Crippen molar-refractivity contribution < 1.29 is 9.05 Å². The van der Waals surface area contributed by atoms with Gasteiger partial charge in [0.2, 0.25) is 0 Å². The standard InChI is InChI=1S/C34H47O2PS/c1-2-3-4-5-6-7-8-9-10-11-12-13-16-22-31-25-21-28-34(29-31)36-37(38,30-32-23-17-14-18-24-32)35-33-26-19-15-20-27-33/h14-15,17-21,23-29H,2-13,16,22,30H2,1H3. The Labute approximate surface area is 237 Å². The van der Waals surface area contributed by atoms with Crippen LogP contribution in [0, 0.1) is 0 Å². The zero-order chi connectivity index (χ0) is 26.7. The first kappa shape index (κ1) is 30.5. The van der Waals surface area contributed by atoms with Gasteiger partial charge in [0.05, 0.1) is 6.16 Å². The van der Waals surface area contributed by atoms with Crippen molar-refractivity contribution >= 4 is 18.3 Å². The van der Waals surface area contributed by atoms with Crippen LogP contribution in [-0.2, 0) is 24.4 Å². The molecule has 0 aliphatic heterocycles. The van der Waals surface area contributed by atoms with Gasteiger partial charge in [0.25, 0.3) is 6.49 Å². The third-order valence-electron chi connectivity index (χ3n) is 6.92. The van der Waals surface area contributed by atoms with Crippen LogP contribution < -0.4 is 9.05 Å². The van der Waals surface area contributed by atoms with Gasteiger partial charge in [0, 0.05) is 0 Å². The predicted molar refractivity (Wildman–Crippen MR) is 168 cm³/mol. The molecule has 206 valence electrons. The Morgan fingerprint density at radius 2 is 1.00 bits per heavy atom. The van der Waals surface area contributed by atoms with E-state index in [9.17, 15) is 0 Å². The first-order chi connectivity index (χ1) is 18.7. The number of benzene rings is 3. The summed E-state index contributed by atoms with van der Waals surface area (Å²) >= 11 is 6.05. The lowest BCUT2D eigenvalue weighted by molar-refractivity contribution is 0.484. The molecule has 0 bridgehead atoms. The van der Waals surface area contributed by atoms with Crippen molar-refractivity contribution in [2.24, 2.45) is 0 Å². The molecule has 0 heterocycles. The molecule has 2 nitrogen and oxygen atoms in total. The molecule has 3 rings (SSSR count). The maximum atomic E-state index is 6.47. The van der Waals surface area contributed by atoms with E-state index in [0.717, 1.165) is 23.5 Å². The number of unbranched alkanes of at least 4 members (excludes halogenated alkanes) is 12. The van der Waals surface area contributed by atoms with Gasteiger partial charge in [-0.05, 0) is 60.0 Å². The summed E-state index contributed by atoms with van der Waals surface area (Å²) in [7, 11) is 0. The van der Waals surface area contributed by atoms with E-state index in [0.29, 0.717) is 6.16 Å². The Hall–Kier alpha value is -2.09. The largest absolute Gasteiger partial charge is 0.435 e. The van der Waals surface area contributed by atoms with Gasteiger partial charge in [0.1, 0.15) is 11.5 Å². The summed E-state index contributed by atoms with van der Waals surface area (Å²) in [6.45, 7) is -0.345. The zero-order valence-corrected chi connectivity index (χ0v) is 25.1. The topological polar surface area (TPSA) is 18.5 Å². The highest BCUT2D eigenvalue weighted by molar-refractivity contribution is 8.09. The van der Waals surface area contributed by atoms with Crippen LogP contribution in [0.4, 0.5) is 0 Å². The molecule has 4 heteroatoms. The van der Waals surface area contributed by atoms with Gasteiger partial charge < -0.3 is 9.05 Å². The molecule has 1 unspecified atom stereocenters. The maximum absolute atomic E-state index is 6.47. The molecule has 0 aromatic heterocycles. The molecule has 0 radical (unpaired) electrons. The lowest BCUT2D eigenvalue weighted by atomic mass is 10.0. The number of rotatable bonds is 20. The van der Waals surface area contributed by atoms with Crippen molar-refractivity contribution in [1.29, 1.82) is 0 Å². The van der Waals surface area contributed by atoms with Gasteiger partial charge in [-0.25, -0.2) is 0 Å². The third kappa shape index (κ3) is 12.6.